The second-order valence-electron chi connectivity index (χ2n) is 3.26. The average molecular weight is 269 g/mol. The summed E-state index contributed by atoms with van der Waals surface area (Å²) >= 11 is 11.7. The van der Waals surface area contributed by atoms with Crippen LogP contribution in [0.3, 0.4) is 0 Å². The minimum atomic E-state index is -0.481. The van der Waals surface area contributed by atoms with Crippen LogP contribution in [0.4, 0.5) is 5.69 Å². The molecule has 0 radical (unpaired) electrons. The van der Waals surface area contributed by atoms with Crippen LogP contribution in [-0.4, -0.2) is 9.91 Å². The van der Waals surface area contributed by atoms with Gasteiger partial charge in [0.1, 0.15) is 5.69 Å². The predicted molar refractivity (Wildman–Crippen MR) is 66.3 cm³/mol. The molecule has 1 heterocycles. The molecule has 0 unspecified atom stereocenters. The number of benzene rings is 1. The second kappa shape index (κ2) is 4.69. The molecule has 2 aromatic rings. The fourth-order valence-electron chi connectivity index (χ4n) is 1.41. The van der Waals surface area contributed by atoms with Crippen LogP contribution in [-0.2, 0) is 0 Å². The number of rotatable bonds is 2. The SMILES string of the molecule is O=[N+]([O-])c1cccnc1-c1ccc(Cl)c(Cl)c1. The van der Waals surface area contributed by atoms with Gasteiger partial charge in [-0.2, -0.15) is 0 Å². The summed E-state index contributed by atoms with van der Waals surface area (Å²) in [5.74, 6) is 0. The van der Waals surface area contributed by atoms with Gasteiger partial charge in [0.15, 0.2) is 0 Å². The summed E-state index contributed by atoms with van der Waals surface area (Å²) in [5.41, 5.74) is 0.772. The molecule has 0 fully saturated rings. The van der Waals surface area contributed by atoms with Gasteiger partial charge in [-0.15, -0.1) is 0 Å². The normalized spacial score (nSPS) is 10.2. The lowest BCUT2D eigenvalue weighted by Gasteiger charge is -2.03. The Hall–Kier alpha value is -1.65. The van der Waals surface area contributed by atoms with Crippen molar-refractivity contribution in [1.82, 2.24) is 4.98 Å². The summed E-state index contributed by atoms with van der Waals surface area (Å²) in [5, 5.41) is 11.6. The quantitative estimate of drug-likeness (QED) is 0.612. The van der Waals surface area contributed by atoms with Gasteiger partial charge < -0.3 is 0 Å². The third-order valence-electron chi connectivity index (χ3n) is 2.18. The molecular weight excluding hydrogens is 263 g/mol. The largest absolute Gasteiger partial charge is 0.295 e. The van der Waals surface area contributed by atoms with E-state index in [2.05, 4.69) is 4.98 Å². The summed E-state index contributed by atoms with van der Waals surface area (Å²) in [4.78, 5) is 14.4. The molecule has 0 atom stereocenters. The number of hydrogen-bond donors (Lipinski definition) is 0. The first-order valence-corrected chi connectivity index (χ1v) is 5.40. The molecule has 0 saturated carbocycles. The molecule has 17 heavy (non-hydrogen) atoms. The van der Waals surface area contributed by atoms with Crippen LogP contribution in [0.1, 0.15) is 0 Å². The van der Waals surface area contributed by atoms with Gasteiger partial charge >= 0.3 is 0 Å². The number of aromatic nitrogens is 1. The van der Waals surface area contributed by atoms with Crippen molar-refractivity contribution >= 4 is 28.9 Å². The van der Waals surface area contributed by atoms with Crippen LogP contribution in [0.25, 0.3) is 11.3 Å². The van der Waals surface area contributed by atoms with E-state index < -0.39 is 4.92 Å². The van der Waals surface area contributed by atoms with Crippen molar-refractivity contribution in [1.29, 1.82) is 0 Å². The van der Waals surface area contributed by atoms with Gasteiger partial charge in [-0.3, -0.25) is 10.1 Å². The Morgan fingerprint density at radius 3 is 2.59 bits per heavy atom. The zero-order valence-electron chi connectivity index (χ0n) is 8.43. The molecule has 2 rings (SSSR count). The Kier molecular flexibility index (Phi) is 3.26. The number of nitrogens with zero attached hydrogens (tertiary/aromatic N) is 2. The Balaban J connectivity index is 2.60. The minimum absolute atomic E-state index is 0.0640. The molecule has 86 valence electrons. The van der Waals surface area contributed by atoms with E-state index in [0.717, 1.165) is 0 Å². The van der Waals surface area contributed by atoms with Crippen LogP contribution < -0.4 is 0 Å². The third kappa shape index (κ3) is 2.38. The molecule has 0 spiro atoms. The highest BCUT2D eigenvalue weighted by molar-refractivity contribution is 6.42. The molecule has 0 amide bonds. The molecule has 0 aliphatic rings. The average Bonchev–Trinajstić information content (AvgIpc) is 2.32. The first kappa shape index (κ1) is 11.8. The highest BCUT2D eigenvalue weighted by Crippen LogP contribution is 2.31. The number of nitro groups is 1. The zero-order valence-corrected chi connectivity index (χ0v) is 9.94. The summed E-state index contributed by atoms with van der Waals surface area (Å²) < 4.78 is 0. The van der Waals surface area contributed by atoms with Crippen molar-refractivity contribution in [3.05, 3.63) is 56.7 Å². The Labute approximate surface area is 107 Å². The molecule has 4 nitrogen and oxygen atoms in total. The molecule has 0 aliphatic carbocycles. The fourth-order valence-corrected chi connectivity index (χ4v) is 1.71. The van der Waals surface area contributed by atoms with Crippen LogP contribution in [0.2, 0.25) is 10.0 Å². The first-order chi connectivity index (χ1) is 8.09. The van der Waals surface area contributed by atoms with Crippen molar-refractivity contribution in [2.24, 2.45) is 0 Å². The topological polar surface area (TPSA) is 56.0 Å². The summed E-state index contributed by atoms with van der Waals surface area (Å²) in [6.07, 6.45) is 1.49. The second-order valence-corrected chi connectivity index (χ2v) is 4.07. The van der Waals surface area contributed by atoms with Crippen LogP contribution in [0.5, 0.6) is 0 Å². The Bertz CT molecular complexity index is 587. The van der Waals surface area contributed by atoms with Crippen LogP contribution in [0, 0.1) is 10.1 Å². The Morgan fingerprint density at radius 2 is 1.94 bits per heavy atom. The van der Waals surface area contributed by atoms with E-state index in [-0.39, 0.29) is 11.4 Å². The van der Waals surface area contributed by atoms with Gasteiger partial charge in [-0.25, -0.2) is 4.98 Å². The van der Waals surface area contributed by atoms with E-state index in [1.807, 2.05) is 0 Å². The predicted octanol–water partition coefficient (Wildman–Crippen LogP) is 3.96. The van der Waals surface area contributed by atoms with Gasteiger partial charge in [0.2, 0.25) is 0 Å². The van der Waals surface area contributed by atoms with Crippen LogP contribution >= 0.6 is 23.2 Å². The van der Waals surface area contributed by atoms with E-state index in [1.165, 1.54) is 18.3 Å². The first-order valence-electron chi connectivity index (χ1n) is 4.64. The maximum atomic E-state index is 10.9. The van der Waals surface area contributed by atoms with E-state index in [9.17, 15) is 10.1 Å². The van der Waals surface area contributed by atoms with Gasteiger partial charge in [0.05, 0.1) is 15.0 Å². The Morgan fingerprint density at radius 1 is 1.18 bits per heavy atom. The highest BCUT2D eigenvalue weighted by Gasteiger charge is 2.16. The van der Waals surface area contributed by atoms with Crippen molar-refractivity contribution in [2.45, 2.75) is 0 Å². The summed E-state index contributed by atoms with van der Waals surface area (Å²) in [6.45, 7) is 0. The smallest absolute Gasteiger partial charge is 0.258 e. The van der Waals surface area contributed by atoms with E-state index in [0.29, 0.717) is 15.6 Å². The van der Waals surface area contributed by atoms with Gasteiger partial charge in [0.25, 0.3) is 5.69 Å². The lowest BCUT2D eigenvalue weighted by molar-refractivity contribution is -0.384. The van der Waals surface area contributed by atoms with E-state index in [1.54, 1.807) is 18.2 Å². The third-order valence-corrected chi connectivity index (χ3v) is 2.92. The highest BCUT2D eigenvalue weighted by atomic mass is 35.5. The van der Waals surface area contributed by atoms with Crippen molar-refractivity contribution < 1.29 is 4.92 Å². The summed E-state index contributed by atoms with van der Waals surface area (Å²) in [6, 6.07) is 7.68. The molecule has 0 N–H and O–H groups in total. The molecular formula is C11H6Cl2N2O2. The molecule has 1 aromatic carbocycles. The monoisotopic (exact) mass is 268 g/mol. The number of hydrogen-bond acceptors (Lipinski definition) is 3. The van der Waals surface area contributed by atoms with E-state index in [4.69, 9.17) is 23.2 Å². The lowest BCUT2D eigenvalue weighted by Crippen LogP contribution is -1.94. The van der Waals surface area contributed by atoms with Crippen LogP contribution in [0.15, 0.2) is 36.5 Å². The lowest BCUT2D eigenvalue weighted by atomic mass is 10.1. The van der Waals surface area contributed by atoms with E-state index >= 15 is 0 Å². The maximum absolute atomic E-state index is 10.9. The van der Waals surface area contributed by atoms with Crippen molar-refractivity contribution in [2.75, 3.05) is 0 Å². The molecule has 0 bridgehead atoms. The van der Waals surface area contributed by atoms with Gasteiger partial charge in [-0.1, -0.05) is 29.3 Å². The molecule has 0 aliphatic heterocycles. The van der Waals surface area contributed by atoms with Crippen molar-refractivity contribution in [3.63, 3.8) is 0 Å². The van der Waals surface area contributed by atoms with Crippen molar-refractivity contribution in [3.8, 4) is 11.3 Å². The standard InChI is InChI=1S/C11H6Cl2N2O2/c12-8-4-3-7(6-9(8)13)11-10(15(16)17)2-1-5-14-11/h1-6H. The number of halogens is 2. The van der Waals surface area contributed by atoms with Gasteiger partial charge in [-0.05, 0) is 18.2 Å². The van der Waals surface area contributed by atoms with Gasteiger partial charge in [0, 0.05) is 17.8 Å². The molecule has 6 heteroatoms. The number of pyridine rings is 1. The zero-order chi connectivity index (χ0) is 12.4. The maximum Gasteiger partial charge on any atom is 0.295 e. The summed E-state index contributed by atoms with van der Waals surface area (Å²) in [7, 11) is 0. The minimum Gasteiger partial charge on any atom is -0.258 e. The molecule has 1 aromatic heterocycles. The fraction of sp³-hybridized carbons (Fsp3) is 0. The molecule has 0 saturated heterocycles.